The summed E-state index contributed by atoms with van der Waals surface area (Å²) in [4.78, 5) is 2.38. The zero-order valence-corrected chi connectivity index (χ0v) is 32.2. The van der Waals surface area contributed by atoms with Crippen molar-refractivity contribution in [2.45, 2.75) is 19.3 Å². The Morgan fingerprint density at radius 3 is 1.91 bits per heavy atom. The van der Waals surface area contributed by atoms with E-state index in [4.69, 9.17) is 8.83 Å². The number of nitrogens with zero attached hydrogens (tertiary/aromatic N) is 1. The zero-order valence-electron chi connectivity index (χ0n) is 32.2. The zero-order chi connectivity index (χ0) is 38.5. The Morgan fingerprint density at radius 2 is 1.02 bits per heavy atom. The van der Waals surface area contributed by atoms with Crippen LogP contribution in [-0.4, -0.2) is 0 Å². The van der Waals surface area contributed by atoms with Crippen molar-refractivity contribution in [1.82, 2.24) is 0 Å². The first-order valence-corrected chi connectivity index (χ1v) is 20.0. The van der Waals surface area contributed by atoms with Crippen molar-refractivity contribution in [3.05, 3.63) is 199 Å². The first-order chi connectivity index (χ1) is 28.5. The van der Waals surface area contributed by atoms with Gasteiger partial charge in [-0.1, -0.05) is 159 Å². The first kappa shape index (κ1) is 32.8. The quantitative estimate of drug-likeness (QED) is 0.176. The van der Waals surface area contributed by atoms with Crippen molar-refractivity contribution in [2.75, 3.05) is 4.90 Å². The van der Waals surface area contributed by atoms with Gasteiger partial charge in [0.05, 0.1) is 11.4 Å². The maximum absolute atomic E-state index is 6.75. The van der Waals surface area contributed by atoms with E-state index in [0.717, 1.165) is 83.0 Å². The standard InChI is InChI=1S/C55H37NO2/c1-55(2)45-22-8-5-18-43(45)51-41(20-11-23-46(51)55)39-16-6-9-24-47(39)56(48-25-12-21-42-40-17-7-10-26-49(40)57-54(42)48)36-31-28-35(29-32-36)37-19-13-27-50-52(37)44-33-30-34-14-3-4-15-38(34)53(44)58-50/h3-33H,1-2H3. The van der Waals surface area contributed by atoms with E-state index in [0.29, 0.717) is 0 Å². The normalized spacial score (nSPS) is 13.1. The van der Waals surface area contributed by atoms with E-state index in [-0.39, 0.29) is 5.41 Å². The van der Waals surface area contributed by atoms with Crippen molar-refractivity contribution in [3.63, 3.8) is 0 Å². The molecule has 2 heterocycles. The summed E-state index contributed by atoms with van der Waals surface area (Å²) in [5, 5.41) is 6.76. The third-order valence-electron chi connectivity index (χ3n) is 12.5. The second-order valence-electron chi connectivity index (χ2n) is 16.0. The number of anilines is 3. The van der Waals surface area contributed by atoms with E-state index in [1.54, 1.807) is 0 Å². The topological polar surface area (TPSA) is 29.5 Å². The molecular formula is C55H37NO2. The molecule has 0 atom stereocenters. The van der Waals surface area contributed by atoms with Crippen LogP contribution in [0.2, 0.25) is 0 Å². The Hall–Kier alpha value is -7.36. The fourth-order valence-electron chi connectivity index (χ4n) is 9.78. The van der Waals surface area contributed by atoms with Gasteiger partial charge in [-0.3, -0.25) is 0 Å². The van der Waals surface area contributed by atoms with Crippen molar-refractivity contribution < 1.29 is 8.83 Å². The van der Waals surface area contributed by atoms with Crippen LogP contribution in [0, 0.1) is 0 Å². The molecule has 0 bridgehead atoms. The molecule has 0 aliphatic heterocycles. The first-order valence-electron chi connectivity index (χ1n) is 20.0. The molecule has 0 saturated heterocycles. The molecule has 1 aliphatic rings. The van der Waals surface area contributed by atoms with Gasteiger partial charge in [0, 0.05) is 43.6 Å². The SMILES string of the molecule is CC1(C)c2ccccc2-c2c(-c3ccccc3N(c3ccc(-c4cccc5oc6c7ccccc7ccc6c45)cc3)c3cccc4c3oc3ccccc34)cccc21. The van der Waals surface area contributed by atoms with Crippen LogP contribution in [0.1, 0.15) is 25.0 Å². The minimum atomic E-state index is -0.109. The van der Waals surface area contributed by atoms with Gasteiger partial charge in [-0.25, -0.2) is 0 Å². The molecule has 0 amide bonds. The lowest BCUT2D eigenvalue weighted by molar-refractivity contribution is 0.660. The molecule has 1 aliphatic carbocycles. The maximum Gasteiger partial charge on any atom is 0.159 e. The van der Waals surface area contributed by atoms with Crippen molar-refractivity contribution >= 4 is 71.7 Å². The summed E-state index contributed by atoms with van der Waals surface area (Å²) in [6.07, 6.45) is 0. The van der Waals surface area contributed by atoms with E-state index in [1.165, 1.54) is 33.2 Å². The molecule has 0 fully saturated rings. The van der Waals surface area contributed by atoms with Crippen LogP contribution < -0.4 is 4.90 Å². The molecule has 9 aromatic carbocycles. The maximum atomic E-state index is 6.75. The Labute approximate surface area is 336 Å². The van der Waals surface area contributed by atoms with E-state index in [1.807, 2.05) is 6.07 Å². The van der Waals surface area contributed by atoms with E-state index in [9.17, 15) is 0 Å². The minimum absolute atomic E-state index is 0.109. The van der Waals surface area contributed by atoms with Crippen LogP contribution in [0.25, 0.3) is 88.0 Å². The van der Waals surface area contributed by atoms with Gasteiger partial charge < -0.3 is 13.7 Å². The average molecular weight is 744 g/mol. The van der Waals surface area contributed by atoms with Gasteiger partial charge in [-0.15, -0.1) is 0 Å². The average Bonchev–Trinajstić information content (AvgIpc) is 3.93. The number of benzene rings is 9. The van der Waals surface area contributed by atoms with E-state index in [2.05, 4.69) is 201 Å². The predicted octanol–water partition coefficient (Wildman–Crippen LogP) is 15.7. The molecule has 2 aromatic heterocycles. The van der Waals surface area contributed by atoms with Gasteiger partial charge >= 0.3 is 0 Å². The van der Waals surface area contributed by atoms with Gasteiger partial charge in [0.2, 0.25) is 0 Å². The Balaban J connectivity index is 1.08. The molecule has 0 spiro atoms. The number of furan rings is 2. The minimum Gasteiger partial charge on any atom is -0.455 e. The van der Waals surface area contributed by atoms with E-state index < -0.39 is 0 Å². The molecule has 0 unspecified atom stereocenters. The summed E-state index contributed by atoms with van der Waals surface area (Å²) < 4.78 is 13.3. The summed E-state index contributed by atoms with van der Waals surface area (Å²) in [6.45, 7) is 4.69. The summed E-state index contributed by atoms with van der Waals surface area (Å²) in [6, 6.07) is 67.6. The summed E-state index contributed by atoms with van der Waals surface area (Å²) in [7, 11) is 0. The van der Waals surface area contributed by atoms with Gasteiger partial charge in [0.25, 0.3) is 0 Å². The number of rotatable bonds is 5. The summed E-state index contributed by atoms with van der Waals surface area (Å²) >= 11 is 0. The number of hydrogen-bond acceptors (Lipinski definition) is 3. The second-order valence-corrected chi connectivity index (χ2v) is 16.0. The number of hydrogen-bond donors (Lipinski definition) is 0. The lowest BCUT2D eigenvalue weighted by atomic mass is 9.82. The van der Waals surface area contributed by atoms with Crippen molar-refractivity contribution in [3.8, 4) is 33.4 Å². The third kappa shape index (κ3) is 4.68. The van der Waals surface area contributed by atoms with Crippen LogP contribution in [-0.2, 0) is 5.41 Å². The third-order valence-corrected chi connectivity index (χ3v) is 12.5. The Bertz CT molecular complexity index is 3440. The van der Waals surface area contributed by atoms with Crippen LogP contribution in [0.4, 0.5) is 17.1 Å². The van der Waals surface area contributed by atoms with Gasteiger partial charge in [0.1, 0.15) is 16.7 Å². The highest BCUT2D eigenvalue weighted by molar-refractivity contribution is 6.19. The molecule has 12 rings (SSSR count). The van der Waals surface area contributed by atoms with Crippen LogP contribution in [0.15, 0.2) is 197 Å². The van der Waals surface area contributed by atoms with Gasteiger partial charge in [-0.2, -0.15) is 0 Å². The van der Waals surface area contributed by atoms with Crippen molar-refractivity contribution in [1.29, 1.82) is 0 Å². The second kappa shape index (κ2) is 12.3. The largest absolute Gasteiger partial charge is 0.455 e. The number of para-hydroxylation sites is 3. The molecule has 11 aromatic rings. The Kier molecular flexibility index (Phi) is 6.98. The lowest BCUT2D eigenvalue weighted by Crippen LogP contribution is -2.15. The van der Waals surface area contributed by atoms with Crippen LogP contribution in [0.5, 0.6) is 0 Å². The summed E-state index contributed by atoms with van der Waals surface area (Å²) in [5.41, 5.74) is 16.5. The molecule has 0 saturated carbocycles. The van der Waals surface area contributed by atoms with Crippen LogP contribution in [0.3, 0.4) is 0 Å². The predicted molar refractivity (Wildman–Crippen MR) is 242 cm³/mol. The van der Waals surface area contributed by atoms with Gasteiger partial charge in [-0.05, 0) is 86.8 Å². The van der Waals surface area contributed by atoms with Gasteiger partial charge in [0.15, 0.2) is 5.58 Å². The molecule has 58 heavy (non-hydrogen) atoms. The van der Waals surface area contributed by atoms with E-state index >= 15 is 0 Å². The van der Waals surface area contributed by atoms with Crippen molar-refractivity contribution in [2.24, 2.45) is 0 Å². The van der Waals surface area contributed by atoms with Crippen LogP contribution >= 0.6 is 0 Å². The fraction of sp³-hybridized carbons (Fsp3) is 0.0545. The molecule has 0 N–H and O–H groups in total. The molecule has 3 heteroatoms. The smallest absolute Gasteiger partial charge is 0.159 e. The molecular weight excluding hydrogens is 707 g/mol. The highest BCUT2D eigenvalue weighted by atomic mass is 16.3. The lowest BCUT2D eigenvalue weighted by Gasteiger charge is -2.29. The summed E-state index contributed by atoms with van der Waals surface area (Å²) in [5.74, 6) is 0. The Morgan fingerprint density at radius 1 is 0.397 bits per heavy atom. The number of fused-ring (bicyclic) bond motifs is 11. The monoisotopic (exact) mass is 743 g/mol. The highest BCUT2D eigenvalue weighted by Crippen LogP contribution is 2.54. The molecule has 3 nitrogen and oxygen atoms in total. The molecule has 0 radical (unpaired) electrons. The fourth-order valence-corrected chi connectivity index (χ4v) is 9.78. The molecule has 274 valence electrons. The highest BCUT2D eigenvalue weighted by Gasteiger charge is 2.37.